The summed E-state index contributed by atoms with van der Waals surface area (Å²) in [6.07, 6.45) is 0. The number of nitriles is 2. The highest BCUT2D eigenvalue weighted by Crippen LogP contribution is 2.50. The van der Waals surface area contributed by atoms with Crippen LogP contribution < -0.4 is 0 Å². The van der Waals surface area contributed by atoms with Crippen molar-refractivity contribution in [3.8, 4) is 51.5 Å². The molecular weight excluding hydrogens is 951 g/mol. The molecule has 0 aliphatic heterocycles. The maximum atomic E-state index is 11.8. The van der Waals surface area contributed by atoms with E-state index in [-0.39, 0.29) is 0 Å². The Morgan fingerprint density at radius 2 is 0.653 bits per heavy atom. The normalized spacial score (nSPS) is 12.0. The average Bonchev–Trinajstić information content (AvgIpc) is 4.41. The van der Waals surface area contributed by atoms with Crippen LogP contribution in [0.1, 0.15) is 11.1 Å². The lowest BCUT2D eigenvalue weighted by atomic mass is 10.0. The Balaban J connectivity index is 1.14. The van der Waals surface area contributed by atoms with Gasteiger partial charge in [-0.25, -0.2) is 0 Å². The zero-order chi connectivity index (χ0) is 49.5. The summed E-state index contributed by atoms with van der Waals surface area (Å²) in [5, 5.41) is 35.0. The zero-order valence-electron chi connectivity index (χ0n) is 39.9. The summed E-state index contributed by atoms with van der Waals surface area (Å²) in [5.41, 5.74) is 13.2. The molecule has 5 aromatic heterocycles. The van der Waals surface area contributed by atoms with E-state index in [1.807, 2.05) is 28.7 Å². The highest BCUT2D eigenvalue weighted by molar-refractivity contribution is 7.27. The fraction of sp³-hybridized carbons (Fsp3) is 0. The maximum Gasteiger partial charge on any atom is 0.101 e. The fourth-order valence-electron chi connectivity index (χ4n) is 12.3. The summed E-state index contributed by atoms with van der Waals surface area (Å²) in [7, 11) is 0. The summed E-state index contributed by atoms with van der Waals surface area (Å²) in [6.45, 7) is 0. The molecule has 0 unspecified atom stereocenters. The van der Waals surface area contributed by atoms with Crippen LogP contribution in [0, 0.1) is 22.7 Å². The number of rotatable bonds is 5. The molecule has 5 heterocycles. The lowest BCUT2D eigenvalue weighted by molar-refractivity contribution is 1.04. The third kappa shape index (κ3) is 5.85. The van der Waals surface area contributed by atoms with E-state index in [0.717, 1.165) is 93.4 Å². The average molecular weight is 988 g/mol. The number of nitrogens with zero attached hydrogens (tertiary/aromatic N) is 5. The Hall–Kier alpha value is -9.76. The molecule has 11 aromatic carbocycles. The summed E-state index contributed by atoms with van der Waals surface area (Å²) in [4.78, 5) is 0. The van der Waals surface area contributed by atoms with E-state index >= 15 is 0 Å². The van der Waals surface area contributed by atoms with Crippen LogP contribution >= 0.6 is 22.7 Å². The molecule has 0 bridgehead atoms. The summed E-state index contributed by atoms with van der Waals surface area (Å²) in [5.74, 6) is 0. The topological polar surface area (TPSA) is 62.4 Å². The molecule has 16 rings (SSSR count). The minimum absolute atomic E-state index is 0.397. The number of benzene rings is 11. The van der Waals surface area contributed by atoms with Gasteiger partial charge >= 0.3 is 0 Å². The molecule has 0 saturated carbocycles. The smallest absolute Gasteiger partial charge is 0.101 e. The highest BCUT2D eigenvalue weighted by Gasteiger charge is 2.31. The fourth-order valence-corrected chi connectivity index (χ4v) is 14.8. The van der Waals surface area contributed by atoms with E-state index in [2.05, 4.69) is 244 Å². The van der Waals surface area contributed by atoms with Gasteiger partial charge in [0, 0.05) is 72.7 Å². The molecule has 0 saturated heterocycles. The van der Waals surface area contributed by atoms with Crippen molar-refractivity contribution >= 4 is 128 Å². The monoisotopic (exact) mass is 987 g/mol. The van der Waals surface area contributed by atoms with Crippen LogP contribution in [-0.4, -0.2) is 13.7 Å². The number of para-hydroxylation sites is 2. The molecular formula is C68H37N5S2. The van der Waals surface area contributed by atoms with Crippen molar-refractivity contribution in [2.45, 2.75) is 0 Å². The minimum Gasteiger partial charge on any atom is -0.306 e. The molecule has 0 fully saturated rings. The van der Waals surface area contributed by atoms with E-state index in [1.165, 1.54) is 40.3 Å². The minimum atomic E-state index is 0.397. The van der Waals surface area contributed by atoms with Gasteiger partial charge in [0.15, 0.2) is 0 Å². The van der Waals surface area contributed by atoms with Gasteiger partial charge in [-0.05, 0) is 89.0 Å². The summed E-state index contributed by atoms with van der Waals surface area (Å²) < 4.78 is 11.8. The van der Waals surface area contributed by atoms with Crippen molar-refractivity contribution in [1.29, 1.82) is 10.5 Å². The second-order valence-corrected chi connectivity index (χ2v) is 21.5. The van der Waals surface area contributed by atoms with Crippen molar-refractivity contribution in [1.82, 2.24) is 13.7 Å². The Morgan fingerprint density at radius 1 is 0.280 bits per heavy atom. The number of thiophene rings is 2. The Morgan fingerprint density at radius 3 is 1.11 bits per heavy atom. The highest BCUT2D eigenvalue weighted by atomic mass is 32.1. The van der Waals surface area contributed by atoms with Crippen molar-refractivity contribution in [2.75, 3.05) is 0 Å². The lowest BCUT2D eigenvalue weighted by Gasteiger charge is -2.24. The largest absolute Gasteiger partial charge is 0.306 e. The molecule has 346 valence electrons. The molecule has 0 atom stereocenters. The van der Waals surface area contributed by atoms with Crippen LogP contribution in [0.3, 0.4) is 0 Å². The van der Waals surface area contributed by atoms with Gasteiger partial charge in [0.25, 0.3) is 0 Å². The van der Waals surface area contributed by atoms with Gasteiger partial charge in [0.2, 0.25) is 0 Å². The van der Waals surface area contributed by atoms with E-state index in [9.17, 15) is 10.5 Å². The molecule has 0 radical (unpaired) electrons. The number of fused-ring (bicyclic) bond motifs is 17. The SMILES string of the molecule is N#Cc1cc(C#N)c(-n2c3ccc(-c4ccccc4)cc3c3c4sc5ccccc5c4ccc32)c(-n2c3ccccc3c3ccccc32)c1-n1c2ccc(-c3ccccc3)cc2c2c3sc4ccccc4c3ccc21. The van der Waals surface area contributed by atoms with Crippen LogP contribution in [0.2, 0.25) is 0 Å². The first-order valence-electron chi connectivity index (χ1n) is 25.0. The van der Waals surface area contributed by atoms with Crippen molar-refractivity contribution in [3.63, 3.8) is 0 Å². The Bertz CT molecular complexity index is 4890. The van der Waals surface area contributed by atoms with Gasteiger partial charge in [-0.1, -0.05) is 158 Å². The molecule has 0 aliphatic carbocycles. The van der Waals surface area contributed by atoms with Crippen LogP contribution in [0.5, 0.6) is 0 Å². The molecule has 16 aromatic rings. The van der Waals surface area contributed by atoms with E-state index in [4.69, 9.17) is 0 Å². The lowest BCUT2D eigenvalue weighted by Crippen LogP contribution is -2.13. The molecule has 75 heavy (non-hydrogen) atoms. The van der Waals surface area contributed by atoms with Crippen molar-refractivity contribution in [3.05, 3.63) is 236 Å². The van der Waals surface area contributed by atoms with Crippen molar-refractivity contribution < 1.29 is 0 Å². The molecule has 5 nitrogen and oxygen atoms in total. The van der Waals surface area contributed by atoms with E-state index in [0.29, 0.717) is 22.5 Å². The van der Waals surface area contributed by atoms with Crippen LogP contribution in [0.4, 0.5) is 0 Å². The first-order chi connectivity index (χ1) is 37.1. The van der Waals surface area contributed by atoms with Gasteiger partial charge in [-0.15, -0.1) is 22.7 Å². The van der Waals surface area contributed by atoms with Crippen LogP contribution in [0.15, 0.2) is 224 Å². The predicted molar refractivity (Wildman–Crippen MR) is 316 cm³/mol. The predicted octanol–water partition coefficient (Wildman–Crippen LogP) is 18.8. The molecule has 0 spiro atoms. The standard InChI is InChI=1S/C68H37N5S2/c69-38-44-35-45(39-70)65(73-57-32-28-43(41-17-5-2-6-18-41)37-53(57)63-59(73)34-30-51-49-22-10-14-26-61(49)75-68(51)63)66(71-54-23-11-7-19-46(54)47-20-8-12-24-55(47)71)64(44)72-56-31-27-42(40-15-3-1-4-16-40)36-52(56)62-58(72)33-29-50-48-21-9-13-25-60(48)74-67(50)62/h1-37H. The maximum absolute atomic E-state index is 11.8. The molecule has 0 N–H and O–H groups in total. The third-order valence-electron chi connectivity index (χ3n) is 15.5. The number of hydrogen-bond acceptors (Lipinski definition) is 4. The van der Waals surface area contributed by atoms with Crippen molar-refractivity contribution in [2.24, 2.45) is 0 Å². The second kappa shape index (κ2) is 15.9. The van der Waals surface area contributed by atoms with Gasteiger partial charge in [-0.3, -0.25) is 0 Å². The molecule has 7 heteroatoms. The van der Waals surface area contributed by atoms with Gasteiger partial charge in [0.05, 0.1) is 61.3 Å². The number of hydrogen-bond donors (Lipinski definition) is 0. The summed E-state index contributed by atoms with van der Waals surface area (Å²) >= 11 is 3.63. The zero-order valence-corrected chi connectivity index (χ0v) is 41.5. The number of aromatic nitrogens is 3. The Labute approximate surface area is 437 Å². The van der Waals surface area contributed by atoms with E-state index < -0.39 is 0 Å². The molecule has 0 amide bonds. The second-order valence-electron chi connectivity index (χ2n) is 19.3. The quantitative estimate of drug-likeness (QED) is 0.172. The third-order valence-corrected chi connectivity index (χ3v) is 17.9. The Kier molecular flexibility index (Phi) is 8.85. The van der Waals surface area contributed by atoms with Crippen LogP contribution in [0.25, 0.3) is 145 Å². The first-order valence-corrected chi connectivity index (χ1v) is 26.7. The van der Waals surface area contributed by atoms with Gasteiger partial charge < -0.3 is 13.7 Å². The van der Waals surface area contributed by atoms with Gasteiger partial charge in [0.1, 0.15) is 12.1 Å². The van der Waals surface area contributed by atoms with E-state index in [1.54, 1.807) is 0 Å². The summed E-state index contributed by atoms with van der Waals surface area (Å²) in [6, 6.07) is 85.3. The molecule has 0 aliphatic rings. The van der Waals surface area contributed by atoms with Crippen LogP contribution in [-0.2, 0) is 0 Å². The van der Waals surface area contributed by atoms with Gasteiger partial charge in [-0.2, -0.15) is 10.5 Å². The first kappa shape index (κ1) is 41.8.